The molecule has 5 heteroatoms. The summed E-state index contributed by atoms with van der Waals surface area (Å²) in [6.07, 6.45) is 5.29. The van der Waals surface area contributed by atoms with Gasteiger partial charge in [-0.15, -0.1) is 0 Å². The Labute approximate surface area is 123 Å². The molecule has 0 unspecified atom stereocenters. The first-order valence-electron chi connectivity index (χ1n) is 7.45. The molecular weight excluding hydrogens is 276 g/mol. The van der Waals surface area contributed by atoms with Gasteiger partial charge in [0.05, 0.1) is 18.7 Å². The minimum absolute atomic E-state index is 0.0525. The van der Waals surface area contributed by atoms with Gasteiger partial charge in [0.15, 0.2) is 5.78 Å². The molecule has 3 nitrogen and oxygen atoms in total. The first-order chi connectivity index (χ1) is 10.1. The van der Waals surface area contributed by atoms with Crippen LogP contribution < -0.4 is 0 Å². The van der Waals surface area contributed by atoms with Gasteiger partial charge in [0.1, 0.15) is 11.6 Å². The molecule has 116 valence electrons. The van der Waals surface area contributed by atoms with Crippen LogP contribution in [0, 0.1) is 11.6 Å². The molecule has 0 saturated heterocycles. The summed E-state index contributed by atoms with van der Waals surface area (Å²) in [6.45, 7) is 0.235. The lowest BCUT2D eigenvalue weighted by atomic mass is 9.93. The second kappa shape index (κ2) is 7.61. The van der Waals surface area contributed by atoms with Crippen molar-refractivity contribution >= 4 is 5.78 Å². The van der Waals surface area contributed by atoms with Crippen molar-refractivity contribution in [2.75, 3.05) is 19.7 Å². The normalized spacial score (nSPS) is 16.4. The maximum absolute atomic E-state index is 13.7. The summed E-state index contributed by atoms with van der Waals surface area (Å²) in [6, 6.07) is 3.64. The number of hydrogen-bond donors (Lipinski definition) is 1. The molecule has 0 amide bonds. The van der Waals surface area contributed by atoms with Gasteiger partial charge in [0, 0.05) is 12.6 Å². The van der Waals surface area contributed by atoms with Crippen molar-refractivity contribution in [1.82, 2.24) is 4.90 Å². The number of carbonyl (C=O) groups excluding carboxylic acids is 1. The molecule has 21 heavy (non-hydrogen) atoms. The molecular formula is C16H21F2NO2. The first kappa shape index (κ1) is 16.0. The van der Waals surface area contributed by atoms with Gasteiger partial charge < -0.3 is 5.11 Å². The average Bonchev–Trinajstić information content (AvgIpc) is 2.47. The van der Waals surface area contributed by atoms with Crippen molar-refractivity contribution in [2.45, 2.75) is 38.1 Å². The van der Waals surface area contributed by atoms with Crippen LogP contribution in [-0.2, 0) is 0 Å². The molecule has 0 spiro atoms. The summed E-state index contributed by atoms with van der Waals surface area (Å²) in [7, 11) is 0. The van der Waals surface area contributed by atoms with Crippen LogP contribution in [0.2, 0.25) is 0 Å². The van der Waals surface area contributed by atoms with Gasteiger partial charge in [-0.25, -0.2) is 8.78 Å². The summed E-state index contributed by atoms with van der Waals surface area (Å²) in [5.41, 5.74) is -0.476. The van der Waals surface area contributed by atoms with Gasteiger partial charge in [-0.3, -0.25) is 9.69 Å². The number of carbonyl (C=O) groups is 1. The minimum atomic E-state index is -0.826. The third kappa shape index (κ3) is 4.08. The second-order valence-corrected chi connectivity index (χ2v) is 5.51. The SMILES string of the molecule is O=C(CN(CCO)C1CCCCC1)c1c(F)cccc1F. The van der Waals surface area contributed by atoms with Crippen LogP contribution in [-0.4, -0.2) is 41.5 Å². The lowest BCUT2D eigenvalue weighted by Gasteiger charge is -2.33. The van der Waals surface area contributed by atoms with Crippen molar-refractivity contribution in [3.05, 3.63) is 35.4 Å². The highest BCUT2D eigenvalue weighted by atomic mass is 19.1. The van der Waals surface area contributed by atoms with Crippen LogP contribution >= 0.6 is 0 Å². The smallest absolute Gasteiger partial charge is 0.182 e. The molecule has 1 aromatic carbocycles. The van der Waals surface area contributed by atoms with Crippen molar-refractivity contribution in [3.8, 4) is 0 Å². The largest absolute Gasteiger partial charge is 0.395 e. The molecule has 0 aliphatic heterocycles. The summed E-state index contributed by atoms with van der Waals surface area (Å²) in [5.74, 6) is -2.22. The van der Waals surface area contributed by atoms with Gasteiger partial charge >= 0.3 is 0 Å². The molecule has 0 aromatic heterocycles. The van der Waals surface area contributed by atoms with E-state index in [2.05, 4.69) is 0 Å². The Morgan fingerprint density at radius 1 is 1.19 bits per heavy atom. The number of nitrogens with zero attached hydrogens (tertiary/aromatic N) is 1. The number of hydrogen-bond acceptors (Lipinski definition) is 3. The second-order valence-electron chi connectivity index (χ2n) is 5.51. The highest BCUT2D eigenvalue weighted by molar-refractivity contribution is 5.98. The third-order valence-electron chi connectivity index (χ3n) is 4.07. The fourth-order valence-electron chi connectivity index (χ4n) is 2.99. The Kier molecular flexibility index (Phi) is 5.82. The summed E-state index contributed by atoms with van der Waals surface area (Å²) >= 11 is 0. The van der Waals surface area contributed by atoms with Crippen LogP contribution in [0.15, 0.2) is 18.2 Å². The Morgan fingerprint density at radius 3 is 2.38 bits per heavy atom. The summed E-state index contributed by atoms with van der Waals surface area (Å²) < 4.78 is 27.3. The van der Waals surface area contributed by atoms with E-state index in [1.165, 1.54) is 12.5 Å². The quantitative estimate of drug-likeness (QED) is 0.821. The summed E-state index contributed by atoms with van der Waals surface area (Å²) in [5, 5.41) is 9.16. The number of rotatable bonds is 6. The molecule has 1 aliphatic rings. The molecule has 2 rings (SSSR count). The van der Waals surface area contributed by atoms with E-state index < -0.39 is 23.0 Å². The number of aliphatic hydroxyl groups is 1. The molecule has 1 aliphatic carbocycles. The first-order valence-corrected chi connectivity index (χ1v) is 7.45. The number of benzene rings is 1. The van der Waals surface area contributed by atoms with E-state index in [0.717, 1.165) is 37.8 Å². The third-order valence-corrected chi connectivity index (χ3v) is 4.07. The monoisotopic (exact) mass is 297 g/mol. The number of ketones is 1. The molecule has 1 fully saturated rings. The van der Waals surface area contributed by atoms with E-state index in [1.807, 2.05) is 4.90 Å². The van der Waals surface area contributed by atoms with Gasteiger partial charge in [-0.2, -0.15) is 0 Å². The van der Waals surface area contributed by atoms with E-state index in [0.29, 0.717) is 6.54 Å². The van der Waals surface area contributed by atoms with Gasteiger partial charge in [-0.05, 0) is 25.0 Å². The lowest BCUT2D eigenvalue weighted by molar-refractivity contribution is 0.0807. The van der Waals surface area contributed by atoms with Gasteiger partial charge in [0.2, 0.25) is 0 Å². The van der Waals surface area contributed by atoms with Crippen molar-refractivity contribution in [3.63, 3.8) is 0 Å². The average molecular weight is 297 g/mol. The highest BCUT2D eigenvalue weighted by Crippen LogP contribution is 2.23. The van der Waals surface area contributed by atoms with E-state index in [-0.39, 0.29) is 19.2 Å². The van der Waals surface area contributed by atoms with E-state index in [1.54, 1.807) is 0 Å². The van der Waals surface area contributed by atoms with Crippen molar-refractivity contribution in [2.24, 2.45) is 0 Å². The number of halogens is 2. The van der Waals surface area contributed by atoms with Gasteiger partial charge in [-0.1, -0.05) is 25.3 Å². The maximum Gasteiger partial charge on any atom is 0.182 e. The van der Waals surface area contributed by atoms with Crippen molar-refractivity contribution < 1.29 is 18.7 Å². The van der Waals surface area contributed by atoms with Crippen LogP contribution in [0.5, 0.6) is 0 Å². The van der Waals surface area contributed by atoms with Crippen LogP contribution in [0.3, 0.4) is 0 Å². The Balaban J connectivity index is 2.10. The standard InChI is InChI=1S/C16H21F2NO2/c17-13-7-4-8-14(18)16(13)15(21)11-19(9-10-20)12-5-2-1-3-6-12/h4,7-8,12,20H,1-3,5-6,9-11H2. The fraction of sp³-hybridized carbons (Fsp3) is 0.562. The number of aliphatic hydroxyl groups excluding tert-OH is 1. The molecule has 1 aromatic rings. The maximum atomic E-state index is 13.7. The molecule has 0 heterocycles. The molecule has 1 N–H and O–H groups in total. The predicted molar refractivity (Wildman–Crippen MR) is 76.2 cm³/mol. The van der Waals surface area contributed by atoms with Crippen LogP contribution in [0.1, 0.15) is 42.5 Å². The lowest BCUT2D eigenvalue weighted by Crippen LogP contribution is -2.42. The minimum Gasteiger partial charge on any atom is -0.395 e. The Hall–Kier alpha value is -1.33. The summed E-state index contributed by atoms with van der Waals surface area (Å²) in [4.78, 5) is 14.1. The van der Waals surface area contributed by atoms with E-state index in [9.17, 15) is 13.6 Å². The zero-order valence-corrected chi connectivity index (χ0v) is 12.0. The molecule has 0 atom stereocenters. The van der Waals surface area contributed by atoms with E-state index in [4.69, 9.17) is 5.11 Å². The Bertz CT molecular complexity index is 467. The zero-order chi connectivity index (χ0) is 15.2. The topological polar surface area (TPSA) is 40.5 Å². The van der Waals surface area contributed by atoms with E-state index >= 15 is 0 Å². The van der Waals surface area contributed by atoms with Crippen LogP contribution in [0.25, 0.3) is 0 Å². The van der Waals surface area contributed by atoms with Crippen LogP contribution in [0.4, 0.5) is 8.78 Å². The number of Topliss-reactive ketones (excluding diaryl/α,β-unsaturated/α-hetero) is 1. The fourth-order valence-corrected chi connectivity index (χ4v) is 2.99. The molecule has 0 radical (unpaired) electrons. The molecule has 1 saturated carbocycles. The Morgan fingerprint density at radius 2 is 1.81 bits per heavy atom. The molecule has 0 bridgehead atoms. The van der Waals surface area contributed by atoms with Gasteiger partial charge in [0.25, 0.3) is 0 Å². The highest BCUT2D eigenvalue weighted by Gasteiger charge is 2.25. The predicted octanol–water partition coefficient (Wildman–Crippen LogP) is 2.77. The van der Waals surface area contributed by atoms with Crippen molar-refractivity contribution in [1.29, 1.82) is 0 Å². The zero-order valence-electron chi connectivity index (χ0n) is 12.0.